The van der Waals surface area contributed by atoms with Crippen molar-refractivity contribution >= 4 is 22.5 Å². The van der Waals surface area contributed by atoms with Crippen LogP contribution < -0.4 is 5.32 Å². The Hall–Kier alpha value is -5.45. The molecule has 8 nitrogen and oxygen atoms in total. The topological polar surface area (TPSA) is 98.0 Å². The molecule has 4 aromatic heterocycles. The molecule has 1 aliphatic rings. The fourth-order valence-electron chi connectivity index (χ4n) is 5.62. The van der Waals surface area contributed by atoms with Gasteiger partial charge in [-0.1, -0.05) is 66.7 Å². The molecule has 43 heavy (non-hydrogen) atoms. The van der Waals surface area contributed by atoms with E-state index in [4.69, 9.17) is 4.98 Å². The first-order valence-electron chi connectivity index (χ1n) is 13.4. The SMILES string of the molecule is C=C1CC(NC(=O)C(F)(F)F)(c2ccc(-c3nc4ccn5c(-c6ncccn6)nnc5c4cc3-c3ccccc3)cc2)C1. The van der Waals surface area contributed by atoms with E-state index >= 15 is 0 Å². The van der Waals surface area contributed by atoms with Gasteiger partial charge in [0.05, 0.1) is 16.7 Å². The van der Waals surface area contributed by atoms with Gasteiger partial charge in [-0.2, -0.15) is 13.2 Å². The molecule has 1 saturated carbocycles. The number of carbonyl (C=O) groups excluding carboxylic acids is 1. The second kappa shape index (κ2) is 9.83. The van der Waals surface area contributed by atoms with E-state index in [1.54, 1.807) is 30.6 Å². The Morgan fingerprint density at radius 1 is 0.907 bits per heavy atom. The molecule has 1 N–H and O–H groups in total. The van der Waals surface area contributed by atoms with Crippen LogP contribution in [0.15, 0.2) is 104 Å². The summed E-state index contributed by atoms with van der Waals surface area (Å²) in [5.41, 5.74) is 4.69. The minimum absolute atomic E-state index is 0.238. The van der Waals surface area contributed by atoms with Crippen LogP contribution in [0.25, 0.3) is 50.6 Å². The van der Waals surface area contributed by atoms with Crippen LogP contribution >= 0.6 is 0 Å². The van der Waals surface area contributed by atoms with Gasteiger partial charge in [-0.3, -0.25) is 9.20 Å². The smallest absolute Gasteiger partial charge is 0.338 e. The number of halogens is 3. The third-order valence-corrected chi connectivity index (χ3v) is 7.65. The maximum atomic E-state index is 13.1. The number of fused-ring (bicyclic) bond motifs is 3. The summed E-state index contributed by atoms with van der Waals surface area (Å²) < 4.78 is 41.1. The Bertz CT molecular complexity index is 2010. The quantitative estimate of drug-likeness (QED) is 0.242. The molecule has 1 amide bonds. The molecule has 11 heteroatoms. The Morgan fingerprint density at radius 2 is 1.63 bits per heavy atom. The van der Waals surface area contributed by atoms with Crippen molar-refractivity contribution in [3.63, 3.8) is 0 Å². The number of amides is 1. The third-order valence-electron chi connectivity index (χ3n) is 7.65. The number of hydrogen-bond acceptors (Lipinski definition) is 6. The number of nitrogens with zero attached hydrogens (tertiary/aromatic N) is 6. The van der Waals surface area contributed by atoms with Crippen LogP contribution in [0.2, 0.25) is 0 Å². The first-order chi connectivity index (χ1) is 20.7. The molecule has 1 fully saturated rings. The van der Waals surface area contributed by atoms with Crippen LogP contribution in [0.4, 0.5) is 13.2 Å². The Balaban J connectivity index is 1.34. The highest BCUT2D eigenvalue weighted by atomic mass is 19.4. The number of nitrogens with one attached hydrogen (secondary N) is 1. The Kier molecular flexibility index (Phi) is 6.05. The summed E-state index contributed by atoms with van der Waals surface area (Å²) in [5.74, 6) is -1.02. The number of aromatic nitrogens is 6. The van der Waals surface area contributed by atoms with Gasteiger partial charge in [0.15, 0.2) is 11.5 Å². The average molecular weight is 578 g/mol. The number of hydrogen-bond donors (Lipinski definition) is 1. The van der Waals surface area contributed by atoms with Crippen molar-refractivity contribution in [3.05, 3.63) is 109 Å². The summed E-state index contributed by atoms with van der Waals surface area (Å²) in [5, 5.41) is 11.8. The first-order valence-corrected chi connectivity index (χ1v) is 13.4. The lowest BCUT2D eigenvalue weighted by molar-refractivity contribution is -0.176. The summed E-state index contributed by atoms with van der Waals surface area (Å²) in [6.45, 7) is 3.87. The molecule has 2 aromatic carbocycles. The van der Waals surface area contributed by atoms with Gasteiger partial charge < -0.3 is 5.32 Å². The molecule has 1 aliphatic carbocycles. The molecule has 0 aliphatic heterocycles. The summed E-state index contributed by atoms with van der Waals surface area (Å²) in [7, 11) is 0. The van der Waals surface area contributed by atoms with Crippen molar-refractivity contribution in [2.24, 2.45) is 0 Å². The number of benzene rings is 2. The highest BCUT2D eigenvalue weighted by molar-refractivity contribution is 5.98. The Morgan fingerprint density at radius 3 is 2.30 bits per heavy atom. The van der Waals surface area contributed by atoms with Crippen molar-refractivity contribution in [2.45, 2.75) is 24.6 Å². The van der Waals surface area contributed by atoms with Gasteiger partial charge >= 0.3 is 12.1 Å². The average Bonchev–Trinajstić information content (AvgIpc) is 3.45. The minimum atomic E-state index is -4.98. The van der Waals surface area contributed by atoms with Crippen LogP contribution in [-0.4, -0.2) is 41.6 Å². The first kappa shape index (κ1) is 26.4. The summed E-state index contributed by atoms with van der Waals surface area (Å²) in [6.07, 6.45) is 0.606. The Labute approximate surface area is 243 Å². The molecule has 0 unspecified atom stereocenters. The lowest BCUT2D eigenvalue weighted by Gasteiger charge is -2.44. The molecule has 0 spiro atoms. The van der Waals surface area contributed by atoms with Gasteiger partial charge in [0.25, 0.3) is 0 Å². The van der Waals surface area contributed by atoms with Gasteiger partial charge in [-0.15, -0.1) is 10.2 Å². The van der Waals surface area contributed by atoms with Crippen LogP contribution in [0.3, 0.4) is 0 Å². The zero-order valence-corrected chi connectivity index (χ0v) is 22.5. The molecular formula is C32H22F3N7O. The van der Waals surface area contributed by atoms with Gasteiger partial charge in [0.1, 0.15) is 0 Å². The van der Waals surface area contributed by atoms with E-state index in [1.165, 1.54) is 0 Å². The van der Waals surface area contributed by atoms with E-state index in [1.807, 2.05) is 65.2 Å². The van der Waals surface area contributed by atoms with E-state index in [0.29, 0.717) is 34.1 Å². The van der Waals surface area contributed by atoms with Crippen molar-refractivity contribution in [1.29, 1.82) is 0 Å². The van der Waals surface area contributed by atoms with Crippen molar-refractivity contribution in [2.75, 3.05) is 0 Å². The normalized spacial score (nSPS) is 14.5. The van der Waals surface area contributed by atoms with Gasteiger partial charge in [0, 0.05) is 35.1 Å². The second-order valence-corrected chi connectivity index (χ2v) is 10.5. The van der Waals surface area contributed by atoms with Crippen LogP contribution in [0.1, 0.15) is 18.4 Å². The lowest BCUT2D eigenvalue weighted by Crippen LogP contribution is -2.55. The largest absolute Gasteiger partial charge is 0.471 e. The zero-order chi connectivity index (χ0) is 29.8. The van der Waals surface area contributed by atoms with Crippen LogP contribution in [0.5, 0.6) is 0 Å². The molecule has 0 saturated heterocycles. The number of pyridine rings is 2. The number of rotatable bonds is 5. The zero-order valence-electron chi connectivity index (χ0n) is 22.5. The fourth-order valence-corrected chi connectivity index (χ4v) is 5.62. The predicted molar refractivity (Wildman–Crippen MR) is 154 cm³/mol. The molecule has 0 atom stereocenters. The summed E-state index contributed by atoms with van der Waals surface area (Å²) in [4.78, 5) is 25.5. The minimum Gasteiger partial charge on any atom is -0.338 e. The number of alkyl halides is 3. The lowest BCUT2D eigenvalue weighted by atomic mass is 9.68. The standard InChI is InChI=1S/C32H22F3N7O/c1-19-17-31(18-19,39-30(43)32(33,34)35)22-10-8-21(9-11-22)26-23(20-6-3-2-4-7-20)16-24-25(38-26)12-15-42-28(24)40-41-29(42)27-36-13-5-14-37-27/h2-16H,1,17-18H2,(H,39,43). The van der Waals surface area contributed by atoms with Crippen molar-refractivity contribution in [3.8, 4) is 34.0 Å². The van der Waals surface area contributed by atoms with E-state index in [-0.39, 0.29) is 12.8 Å². The van der Waals surface area contributed by atoms with Crippen LogP contribution in [0, 0.1) is 0 Å². The fraction of sp³-hybridized carbons (Fsp3) is 0.125. The highest BCUT2D eigenvalue weighted by Crippen LogP contribution is 2.46. The molecule has 6 aromatic rings. The molecule has 7 rings (SSSR count). The maximum absolute atomic E-state index is 13.1. The van der Waals surface area contributed by atoms with Crippen molar-refractivity contribution < 1.29 is 18.0 Å². The molecule has 0 bridgehead atoms. The van der Waals surface area contributed by atoms with E-state index in [2.05, 4.69) is 32.1 Å². The number of carbonyl (C=O) groups is 1. The monoisotopic (exact) mass is 577 g/mol. The van der Waals surface area contributed by atoms with Crippen molar-refractivity contribution in [1.82, 2.24) is 34.9 Å². The van der Waals surface area contributed by atoms with E-state index in [9.17, 15) is 18.0 Å². The summed E-state index contributed by atoms with van der Waals surface area (Å²) >= 11 is 0. The molecule has 0 radical (unpaired) electrons. The molecule has 212 valence electrons. The van der Waals surface area contributed by atoms with Crippen LogP contribution in [-0.2, 0) is 10.3 Å². The molecule has 4 heterocycles. The second-order valence-electron chi connectivity index (χ2n) is 10.5. The predicted octanol–water partition coefficient (Wildman–Crippen LogP) is 6.29. The van der Waals surface area contributed by atoms with E-state index < -0.39 is 17.6 Å². The molecular weight excluding hydrogens is 555 g/mol. The van der Waals surface area contributed by atoms with Gasteiger partial charge in [-0.25, -0.2) is 15.0 Å². The van der Waals surface area contributed by atoms with Gasteiger partial charge in [-0.05, 0) is 42.2 Å². The van der Waals surface area contributed by atoms with E-state index in [0.717, 1.165) is 27.6 Å². The third kappa shape index (κ3) is 4.58. The van der Waals surface area contributed by atoms with Gasteiger partial charge in [0.2, 0.25) is 5.82 Å². The highest BCUT2D eigenvalue weighted by Gasteiger charge is 2.48. The summed E-state index contributed by atoms with van der Waals surface area (Å²) in [6, 6.07) is 22.5. The maximum Gasteiger partial charge on any atom is 0.471 e.